The van der Waals surface area contributed by atoms with Crippen molar-refractivity contribution in [2.45, 2.75) is 4.90 Å². The van der Waals surface area contributed by atoms with Crippen LogP contribution in [-0.4, -0.2) is 53.6 Å². The van der Waals surface area contributed by atoms with E-state index in [0.717, 1.165) is 0 Å². The molecule has 2 rings (SSSR count). The van der Waals surface area contributed by atoms with Gasteiger partial charge in [-0.2, -0.15) is 8.42 Å². The van der Waals surface area contributed by atoms with Gasteiger partial charge < -0.3 is 5.11 Å². The third kappa shape index (κ3) is 2.90. The van der Waals surface area contributed by atoms with Crippen LogP contribution in [0.3, 0.4) is 0 Å². The summed E-state index contributed by atoms with van der Waals surface area (Å²) in [5.74, 6) is -1.09. The van der Waals surface area contributed by atoms with Gasteiger partial charge in [0.2, 0.25) is 0 Å². The maximum atomic E-state index is 10.9. The number of carboxylic acid groups (broad SMARTS) is 1. The normalized spacial score (nSPS) is 10.9. The van der Waals surface area contributed by atoms with Crippen LogP contribution in [0.2, 0.25) is 0 Å². The standard InChI is InChI=1S/C11H8O5S.Na.H/c12-11(13)10-3-1-2-7-6-8(17(14,15)16)4-5-9(7)10;;/h1-6H,(H,12,13)(H,14,15,16);;. The van der Waals surface area contributed by atoms with Crippen LogP contribution in [-0.2, 0) is 10.1 Å². The molecule has 0 bridgehead atoms. The van der Waals surface area contributed by atoms with Crippen LogP contribution in [0.5, 0.6) is 0 Å². The topological polar surface area (TPSA) is 91.7 Å². The first kappa shape index (κ1) is 15.1. The Labute approximate surface area is 125 Å². The van der Waals surface area contributed by atoms with Gasteiger partial charge in [0.15, 0.2) is 0 Å². The molecule has 0 heterocycles. The number of carboxylic acids is 1. The number of hydrogen-bond acceptors (Lipinski definition) is 3. The maximum absolute atomic E-state index is 10.9. The second-order valence-electron chi connectivity index (χ2n) is 3.47. The number of benzene rings is 2. The van der Waals surface area contributed by atoms with Gasteiger partial charge in [0.25, 0.3) is 10.1 Å². The second kappa shape index (κ2) is 5.38. The minimum atomic E-state index is -4.27. The van der Waals surface area contributed by atoms with Crippen LogP contribution < -0.4 is 0 Å². The van der Waals surface area contributed by atoms with Crippen molar-refractivity contribution in [1.82, 2.24) is 0 Å². The SMILES string of the molecule is O=C(O)c1cccc2cc(S(=O)(=O)O)ccc12.[NaH]. The van der Waals surface area contributed by atoms with Crippen molar-refractivity contribution in [2.24, 2.45) is 0 Å². The number of fused-ring (bicyclic) bond motifs is 1. The molecule has 0 radical (unpaired) electrons. The summed E-state index contributed by atoms with van der Waals surface area (Å²) in [6, 6.07) is 8.29. The summed E-state index contributed by atoms with van der Waals surface area (Å²) < 4.78 is 30.8. The van der Waals surface area contributed by atoms with Gasteiger partial charge in [0, 0.05) is 0 Å². The molecule has 2 aromatic carbocycles. The van der Waals surface area contributed by atoms with E-state index in [1.54, 1.807) is 6.07 Å². The van der Waals surface area contributed by atoms with E-state index in [0.29, 0.717) is 10.8 Å². The van der Waals surface area contributed by atoms with Crippen molar-refractivity contribution >= 4 is 56.4 Å². The summed E-state index contributed by atoms with van der Waals surface area (Å²) in [6.45, 7) is 0. The van der Waals surface area contributed by atoms with Gasteiger partial charge >= 0.3 is 35.5 Å². The van der Waals surface area contributed by atoms with Crippen molar-refractivity contribution in [3.05, 3.63) is 42.0 Å². The molecule has 0 saturated carbocycles. The molecule has 18 heavy (non-hydrogen) atoms. The molecule has 0 aliphatic heterocycles. The Hall–Kier alpha value is -0.920. The van der Waals surface area contributed by atoms with Gasteiger partial charge in [-0.25, -0.2) is 4.79 Å². The van der Waals surface area contributed by atoms with Crippen molar-refractivity contribution in [2.75, 3.05) is 0 Å². The number of hydrogen-bond donors (Lipinski definition) is 2. The molecule has 0 aromatic heterocycles. The quantitative estimate of drug-likeness (QED) is 0.634. The molecule has 0 aliphatic carbocycles. The number of rotatable bonds is 2. The molecule has 0 atom stereocenters. The average molecular weight is 276 g/mol. The predicted molar refractivity (Wildman–Crippen MR) is 67.9 cm³/mol. The monoisotopic (exact) mass is 276 g/mol. The third-order valence-electron chi connectivity index (χ3n) is 2.38. The van der Waals surface area contributed by atoms with Crippen molar-refractivity contribution in [1.29, 1.82) is 0 Å². The van der Waals surface area contributed by atoms with E-state index in [2.05, 4.69) is 0 Å². The molecule has 0 aliphatic rings. The molecule has 7 heteroatoms. The van der Waals surface area contributed by atoms with E-state index in [1.165, 1.54) is 30.3 Å². The summed E-state index contributed by atoms with van der Waals surface area (Å²) in [6.07, 6.45) is 0. The molecule has 5 nitrogen and oxygen atoms in total. The molecular weight excluding hydrogens is 267 g/mol. The van der Waals surface area contributed by atoms with E-state index in [1.807, 2.05) is 0 Å². The van der Waals surface area contributed by atoms with Gasteiger partial charge in [-0.1, -0.05) is 18.2 Å². The minimum absolute atomic E-state index is 0. The van der Waals surface area contributed by atoms with Crippen LogP contribution in [0, 0.1) is 0 Å². The fourth-order valence-electron chi connectivity index (χ4n) is 1.61. The molecule has 0 fully saturated rings. The second-order valence-corrected chi connectivity index (χ2v) is 4.89. The molecule has 2 N–H and O–H groups in total. The first-order valence-electron chi connectivity index (χ1n) is 4.63. The summed E-state index contributed by atoms with van der Waals surface area (Å²) in [4.78, 5) is 10.7. The summed E-state index contributed by atoms with van der Waals surface area (Å²) >= 11 is 0. The van der Waals surface area contributed by atoms with Crippen molar-refractivity contribution in [3.8, 4) is 0 Å². The number of aromatic carboxylic acids is 1. The Bertz CT molecular complexity index is 708. The fraction of sp³-hybridized carbons (Fsp3) is 0. The van der Waals surface area contributed by atoms with Gasteiger partial charge in [-0.3, -0.25) is 4.55 Å². The summed E-state index contributed by atoms with van der Waals surface area (Å²) in [7, 11) is -4.27. The Kier molecular flexibility index (Phi) is 4.52. The molecule has 0 spiro atoms. The van der Waals surface area contributed by atoms with Gasteiger partial charge in [-0.15, -0.1) is 0 Å². The van der Waals surface area contributed by atoms with Gasteiger partial charge in [0.1, 0.15) is 0 Å². The number of carbonyl (C=O) groups is 1. The zero-order valence-corrected chi connectivity index (χ0v) is 9.31. The van der Waals surface area contributed by atoms with E-state index in [4.69, 9.17) is 9.66 Å². The Morgan fingerprint density at radius 2 is 1.78 bits per heavy atom. The van der Waals surface area contributed by atoms with E-state index in [-0.39, 0.29) is 40.0 Å². The summed E-state index contributed by atoms with van der Waals surface area (Å²) in [5, 5.41) is 9.81. The first-order chi connectivity index (χ1) is 7.89. The molecular formula is C11H9NaO5S. The van der Waals surface area contributed by atoms with Crippen LogP contribution in [0.1, 0.15) is 10.4 Å². The molecule has 90 valence electrons. The van der Waals surface area contributed by atoms with E-state index >= 15 is 0 Å². The van der Waals surface area contributed by atoms with E-state index in [9.17, 15) is 13.2 Å². The third-order valence-corrected chi connectivity index (χ3v) is 3.23. The molecule has 0 saturated heterocycles. The van der Waals surface area contributed by atoms with Crippen LogP contribution in [0.4, 0.5) is 0 Å². The van der Waals surface area contributed by atoms with Crippen molar-refractivity contribution < 1.29 is 22.9 Å². The zero-order valence-electron chi connectivity index (χ0n) is 8.49. The Morgan fingerprint density at radius 1 is 1.11 bits per heavy atom. The molecule has 0 amide bonds. The van der Waals surface area contributed by atoms with Gasteiger partial charge in [-0.05, 0) is 29.0 Å². The first-order valence-corrected chi connectivity index (χ1v) is 6.07. The predicted octanol–water partition coefficient (Wildman–Crippen LogP) is 1.14. The Balaban J connectivity index is 0.00000162. The zero-order chi connectivity index (χ0) is 12.6. The summed E-state index contributed by atoms with van der Waals surface area (Å²) in [5.41, 5.74) is 0.0874. The molecule has 0 unspecified atom stereocenters. The van der Waals surface area contributed by atoms with Gasteiger partial charge in [0.05, 0.1) is 10.5 Å². The fourth-order valence-corrected chi connectivity index (χ4v) is 2.12. The molecule has 2 aromatic rings. The Morgan fingerprint density at radius 3 is 2.33 bits per heavy atom. The van der Waals surface area contributed by atoms with Crippen molar-refractivity contribution in [3.63, 3.8) is 0 Å². The average Bonchev–Trinajstić information content (AvgIpc) is 2.26. The van der Waals surface area contributed by atoms with Crippen LogP contribution in [0.15, 0.2) is 41.3 Å². The van der Waals surface area contributed by atoms with Crippen LogP contribution >= 0.6 is 0 Å². The van der Waals surface area contributed by atoms with Crippen LogP contribution in [0.25, 0.3) is 10.8 Å². The van der Waals surface area contributed by atoms with E-state index < -0.39 is 16.1 Å².